The summed E-state index contributed by atoms with van der Waals surface area (Å²) >= 11 is 0. The lowest BCUT2D eigenvalue weighted by Crippen LogP contribution is -2.48. The van der Waals surface area contributed by atoms with Crippen molar-refractivity contribution in [3.05, 3.63) is 81.0 Å². The molecule has 0 radical (unpaired) electrons. The quantitative estimate of drug-likeness (QED) is 0.484. The van der Waals surface area contributed by atoms with Crippen molar-refractivity contribution in [1.82, 2.24) is 0 Å². The number of ether oxygens (including phenoxy) is 2. The molecule has 8 heteroatoms. The first-order valence-electron chi connectivity index (χ1n) is 9.73. The van der Waals surface area contributed by atoms with E-state index >= 15 is 0 Å². The third-order valence-electron chi connectivity index (χ3n) is 5.62. The van der Waals surface area contributed by atoms with Gasteiger partial charge in [0.2, 0.25) is 11.8 Å². The van der Waals surface area contributed by atoms with Crippen LogP contribution in [-0.4, -0.2) is 18.5 Å². The van der Waals surface area contributed by atoms with Crippen LogP contribution >= 0.6 is 0 Å². The highest BCUT2D eigenvalue weighted by Crippen LogP contribution is 2.53. The van der Waals surface area contributed by atoms with Gasteiger partial charge >= 0.3 is 11.6 Å². The second-order valence-electron chi connectivity index (χ2n) is 7.40. The Kier molecular flexibility index (Phi) is 3.95. The fourth-order valence-corrected chi connectivity index (χ4v) is 4.39. The molecule has 3 N–H and O–H groups in total. The van der Waals surface area contributed by atoms with Gasteiger partial charge in [-0.25, -0.2) is 9.59 Å². The van der Waals surface area contributed by atoms with Gasteiger partial charge in [-0.2, -0.15) is 0 Å². The third-order valence-corrected chi connectivity index (χ3v) is 5.62. The van der Waals surface area contributed by atoms with Gasteiger partial charge < -0.3 is 24.9 Å². The van der Waals surface area contributed by atoms with Crippen LogP contribution in [0.1, 0.15) is 23.6 Å². The zero-order valence-corrected chi connectivity index (χ0v) is 16.8. The molecule has 0 saturated heterocycles. The molecule has 31 heavy (non-hydrogen) atoms. The smallest absolute Gasteiger partial charge is 0.345 e. The van der Waals surface area contributed by atoms with Crippen molar-refractivity contribution >= 4 is 28.5 Å². The Morgan fingerprint density at radius 3 is 2.74 bits per heavy atom. The van der Waals surface area contributed by atoms with Crippen LogP contribution in [0.5, 0.6) is 5.75 Å². The van der Waals surface area contributed by atoms with Crippen molar-refractivity contribution in [3.8, 4) is 5.75 Å². The Morgan fingerprint density at radius 1 is 1.19 bits per heavy atom. The van der Waals surface area contributed by atoms with Gasteiger partial charge in [-0.3, -0.25) is 4.79 Å². The summed E-state index contributed by atoms with van der Waals surface area (Å²) in [6, 6.07) is 12.0. The van der Waals surface area contributed by atoms with Crippen molar-refractivity contribution in [2.24, 2.45) is 5.73 Å². The van der Waals surface area contributed by atoms with E-state index in [0.717, 1.165) is 5.56 Å². The normalized spacial score (nSPS) is 19.1. The van der Waals surface area contributed by atoms with Crippen LogP contribution in [-0.2, 0) is 19.7 Å². The van der Waals surface area contributed by atoms with Crippen molar-refractivity contribution in [1.29, 1.82) is 0 Å². The van der Waals surface area contributed by atoms with Crippen LogP contribution in [0.2, 0.25) is 0 Å². The molecule has 2 aliphatic heterocycles. The second kappa shape index (κ2) is 6.46. The molecule has 0 bridgehead atoms. The number of benzene rings is 2. The van der Waals surface area contributed by atoms with Crippen LogP contribution in [0.4, 0.5) is 5.69 Å². The maximum Gasteiger partial charge on any atom is 0.345 e. The van der Waals surface area contributed by atoms with E-state index in [4.69, 9.17) is 19.6 Å². The van der Waals surface area contributed by atoms with Crippen LogP contribution in [0.3, 0.4) is 0 Å². The minimum absolute atomic E-state index is 0.0488. The average Bonchev–Trinajstić information content (AvgIpc) is 3.00. The Morgan fingerprint density at radius 2 is 1.97 bits per heavy atom. The average molecular weight is 418 g/mol. The van der Waals surface area contributed by atoms with E-state index in [-0.39, 0.29) is 35.0 Å². The van der Waals surface area contributed by atoms with E-state index in [0.29, 0.717) is 16.6 Å². The predicted molar refractivity (Wildman–Crippen MR) is 112 cm³/mol. The fraction of sp³-hybridized carbons (Fsp3) is 0.174. The zero-order valence-electron chi connectivity index (χ0n) is 16.8. The molecule has 8 nitrogen and oxygen atoms in total. The summed E-state index contributed by atoms with van der Waals surface area (Å²) in [5.41, 5.74) is 5.19. The molecule has 2 aliphatic rings. The molecule has 5 rings (SSSR count). The summed E-state index contributed by atoms with van der Waals surface area (Å²) in [6.07, 6.45) is 0. The minimum Gasteiger partial charge on any atom is -0.462 e. The van der Waals surface area contributed by atoms with Gasteiger partial charge in [-0.15, -0.1) is 0 Å². The van der Waals surface area contributed by atoms with Crippen LogP contribution in [0.25, 0.3) is 11.0 Å². The summed E-state index contributed by atoms with van der Waals surface area (Å²) in [7, 11) is 0. The molecule has 3 heterocycles. The summed E-state index contributed by atoms with van der Waals surface area (Å²) in [6.45, 7) is 3.53. The standard InChI is InChI=1S/C23H18N2O6/c1-3-29-20(26)17-19(24)31-18-12-6-4-5-7-15(12)30-21(27)16(18)23(17)13-10-11(2)8-9-14(13)25-22(23)28/h4-10H,3,24H2,1-2H3,(H,25,28)/t23-/m1/s1. The highest BCUT2D eigenvalue weighted by molar-refractivity contribution is 6.18. The molecule has 1 aromatic heterocycles. The second-order valence-corrected chi connectivity index (χ2v) is 7.40. The Balaban J connectivity index is 1.98. The lowest BCUT2D eigenvalue weighted by molar-refractivity contribution is -0.140. The number of para-hydroxylation sites is 1. The number of nitrogens with one attached hydrogen (secondary N) is 1. The first-order valence-corrected chi connectivity index (χ1v) is 9.73. The molecule has 0 saturated carbocycles. The molecular weight excluding hydrogens is 400 g/mol. The molecule has 0 aliphatic carbocycles. The van der Waals surface area contributed by atoms with Crippen molar-refractivity contribution in [2.75, 3.05) is 11.9 Å². The Hall–Kier alpha value is -4.07. The number of aryl methyl sites for hydroxylation is 1. The van der Waals surface area contributed by atoms with Gasteiger partial charge in [0.15, 0.2) is 5.75 Å². The topological polar surface area (TPSA) is 121 Å². The summed E-state index contributed by atoms with van der Waals surface area (Å²) in [4.78, 5) is 39.9. The maximum absolute atomic E-state index is 13.6. The lowest BCUT2D eigenvalue weighted by atomic mass is 9.68. The SMILES string of the molecule is CCOC(=O)C1=C(N)Oc2c(c(=O)oc3ccccc23)[C@@]12C(=O)Nc1ccc(C)cc12. The third kappa shape index (κ3) is 2.38. The number of hydrogen-bond donors (Lipinski definition) is 2. The predicted octanol–water partition coefficient (Wildman–Crippen LogP) is 2.47. The first-order chi connectivity index (χ1) is 14.9. The Bertz CT molecular complexity index is 1390. The molecule has 2 aromatic carbocycles. The van der Waals surface area contributed by atoms with E-state index in [9.17, 15) is 14.4 Å². The van der Waals surface area contributed by atoms with E-state index in [1.807, 2.05) is 13.0 Å². The first kappa shape index (κ1) is 18.9. The number of amides is 1. The number of nitrogens with two attached hydrogens (primary N) is 1. The number of hydrogen-bond acceptors (Lipinski definition) is 7. The lowest BCUT2D eigenvalue weighted by Gasteiger charge is -2.34. The van der Waals surface area contributed by atoms with Gasteiger partial charge in [-0.05, 0) is 32.0 Å². The summed E-state index contributed by atoms with van der Waals surface area (Å²) < 4.78 is 16.5. The van der Waals surface area contributed by atoms with Gasteiger partial charge in [0.05, 0.1) is 12.0 Å². The number of esters is 1. The van der Waals surface area contributed by atoms with Crippen molar-refractivity contribution in [3.63, 3.8) is 0 Å². The minimum atomic E-state index is -1.87. The monoisotopic (exact) mass is 418 g/mol. The fourth-order valence-electron chi connectivity index (χ4n) is 4.39. The maximum atomic E-state index is 13.6. The van der Waals surface area contributed by atoms with Crippen LogP contribution < -0.4 is 21.4 Å². The summed E-state index contributed by atoms with van der Waals surface area (Å²) in [5.74, 6) is -1.66. The molecule has 1 spiro atoms. The van der Waals surface area contributed by atoms with Gasteiger partial charge in [0.1, 0.15) is 22.1 Å². The van der Waals surface area contributed by atoms with Gasteiger partial charge in [0.25, 0.3) is 0 Å². The molecule has 0 unspecified atom stereocenters. The number of anilines is 1. The van der Waals surface area contributed by atoms with Gasteiger partial charge in [-0.1, -0.05) is 29.8 Å². The van der Waals surface area contributed by atoms with E-state index in [2.05, 4.69) is 5.32 Å². The molecule has 3 aromatic rings. The molecule has 156 valence electrons. The number of fused-ring (bicyclic) bond motifs is 6. The molecule has 1 amide bonds. The Labute approximate surface area is 176 Å². The highest BCUT2D eigenvalue weighted by atomic mass is 16.5. The van der Waals surface area contributed by atoms with E-state index in [1.54, 1.807) is 43.3 Å². The number of rotatable bonds is 2. The van der Waals surface area contributed by atoms with Crippen molar-refractivity contribution in [2.45, 2.75) is 19.3 Å². The molecule has 1 atom stereocenters. The highest BCUT2D eigenvalue weighted by Gasteiger charge is 2.61. The van der Waals surface area contributed by atoms with Crippen LogP contribution in [0, 0.1) is 6.92 Å². The van der Waals surface area contributed by atoms with Crippen LogP contribution in [0.15, 0.2) is 63.1 Å². The largest absolute Gasteiger partial charge is 0.462 e. The van der Waals surface area contributed by atoms with Crippen molar-refractivity contribution < 1.29 is 23.5 Å². The van der Waals surface area contributed by atoms with E-state index in [1.165, 1.54) is 0 Å². The molecular formula is C23H18N2O6. The number of carbonyl (C=O) groups is 2. The van der Waals surface area contributed by atoms with E-state index < -0.39 is 22.9 Å². The number of carbonyl (C=O) groups excluding carboxylic acids is 2. The van der Waals surface area contributed by atoms with Gasteiger partial charge in [0, 0.05) is 11.3 Å². The summed E-state index contributed by atoms with van der Waals surface area (Å²) in [5, 5.41) is 3.23. The zero-order chi connectivity index (χ0) is 21.9. The molecule has 0 fully saturated rings.